The van der Waals surface area contributed by atoms with E-state index in [4.69, 9.17) is 27.4 Å². The molecule has 0 bridgehead atoms. The third kappa shape index (κ3) is 3.27. The first kappa shape index (κ1) is 10.9. The predicted molar refractivity (Wildman–Crippen MR) is 57.5 cm³/mol. The zero-order valence-electron chi connectivity index (χ0n) is 7.90. The average molecular weight is 212 g/mol. The fourth-order valence-corrected chi connectivity index (χ4v) is 0.976. The molecule has 0 aliphatic carbocycles. The second kappa shape index (κ2) is 5.51. The maximum atomic E-state index is 5.43. The number of methoxy groups -OCH3 is 1. The van der Waals surface area contributed by atoms with E-state index >= 15 is 0 Å². The predicted octanol–water partition coefficient (Wildman–Crippen LogP) is 0.741. The molecule has 0 aliphatic rings. The Balaban J connectivity index is 2.59. The van der Waals surface area contributed by atoms with Crippen molar-refractivity contribution in [2.75, 3.05) is 20.3 Å². The van der Waals surface area contributed by atoms with E-state index in [1.165, 1.54) is 0 Å². The molecule has 0 amide bonds. The first-order chi connectivity index (χ1) is 6.74. The third-order valence-electron chi connectivity index (χ3n) is 1.51. The first-order valence-corrected chi connectivity index (χ1v) is 4.53. The summed E-state index contributed by atoms with van der Waals surface area (Å²) in [6.07, 6.45) is 0. The van der Waals surface area contributed by atoms with Crippen molar-refractivity contribution in [2.45, 2.75) is 0 Å². The van der Waals surface area contributed by atoms with Crippen molar-refractivity contribution in [2.24, 2.45) is 5.73 Å². The van der Waals surface area contributed by atoms with Crippen molar-refractivity contribution in [3.8, 4) is 5.88 Å². The van der Waals surface area contributed by atoms with E-state index in [0.717, 1.165) is 0 Å². The molecule has 0 radical (unpaired) electrons. The molecular formula is C9H12N2O2S. The van der Waals surface area contributed by atoms with Crippen LogP contribution in [0.15, 0.2) is 18.2 Å². The van der Waals surface area contributed by atoms with Crippen LogP contribution < -0.4 is 10.5 Å². The number of nitrogens with zero attached hydrogens (tertiary/aromatic N) is 1. The zero-order valence-corrected chi connectivity index (χ0v) is 8.71. The number of nitrogens with two attached hydrogens (primary N) is 1. The SMILES string of the molecule is COCCOc1cccc(C(N)=S)n1. The zero-order chi connectivity index (χ0) is 10.4. The van der Waals surface area contributed by atoms with Gasteiger partial charge in [0.15, 0.2) is 0 Å². The highest BCUT2D eigenvalue weighted by atomic mass is 32.1. The Bertz CT molecular complexity index is 317. The van der Waals surface area contributed by atoms with Crippen molar-refractivity contribution >= 4 is 17.2 Å². The molecule has 1 aromatic rings. The molecule has 0 saturated heterocycles. The summed E-state index contributed by atoms with van der Waals surface area (Å²) >= 11 is 4.79. The number of aromatic nitrogens is 1. The van der Waals surface area contributed by atoms with Gasteiger partial charge >= 0.3 is 0 Å². The minimum absolute atomic E-state index is 0.266. The highest BCUT2D eigenvalue weighted by molar-refractivity contribution is 7.80. The minimum Gasteiger partial charge on any atom is -0.475 e. The molecule has 0 unspecified atom stereocenters. The fraction of sp³-hybridized carbons (Fsp3) is 0.333. The lowest BCUT2D eigenvalue weighted by atomic mass is 10.3. The summed E-state index contributed by atoms with van der Waals surface area (Å²) in [7, 11) is 1.61. The Kier molecular flexibility index (Phi) is 4.28. The highest BCUT2D eigenvalue weighted by Crippen LogP contribution is 2.07. The van der Waals surface area contributed by atoms with Crippen molar-refractivity contribution in [3.05, 3.63) is 23.9 Å². The molecule has 0 spiro atoms. The Morgan fingerprint density at radius 3 is 2.93 bits per heavy atom. The van der Waals surface area contributed by atoms with Crippen LogP contribution in [0.5, 0.6) is 5.88 Å². The molecule has 0 aliphatic heterocycles. The van der Waals surface area contributed by atoms with E-state index in [0.29, 0.717) is 24.8 Å². The van der Waals surface area contributed by atoms with Gasteiger partial charge in [-0.25, -0.2) is 4.98 Å². The van der Waals surface area contributed by atoms with Crippen LogP contribution in [0, 0.1) is 0 Å². The summed E-state index contributed by atoms with van der Waals surface area (Å²) in [6, 6.07) is 5.28. The maximum Gasteiger partial charge on any atom is 0.213 e. The number of hydrogen-bond acceptors (Lipinski definition) is 4. The van der Waals surface area contributed by atoms with E-state index in [-0.39, 0.29) is 4.99 Å². The molecule has 0 atom stereocenters. The van der Waals surface area contributed by atoms with Crippen LogP contribution in [0.4, 0.5) is 0 Å². The quantitative estimate of drug-likeness (QED) is 0.576. The standard InChI is InChI=1S/C9H12N2O2S/c1-12-5-6-13-8-4-2-3-7(11-8)9(10)14/h2-4H,5-6H2,1H3,(H2,10,14). The lowest BCUT2D eigenvalue weighted by molar-refractivity contribution is 0.143. The van der Waals surface area contributed by atoms with Crippen LogP contribution in [0.3, 0.4) is 0 Å². The normalized spacial score (nSPS) is 9.79. The smallest absolute Gasteiger partial charge is 0.213 e. The Labute approximate surface area is 88.0 Å². The maximum absolute atomic E-state index is 5.43. The molecule has 76 valence electrons. The van der Waals surface area contributed by atoms with Crippen LogP contribution >= 0.6 is 12.2 Å². The summed E-state index contributed by atoms with van der Waals surface area (Å²) in [5.74, 6) is 0.507. The van der Waals surface area contributed by atoms with Gasteiger partial charge in [0.05, 0.1) is 6.61 Å². The molecule has 14 heavy (non-hydrogen) atoms. The van der Waals surface area contributed by atoms with Crippen LogP contribution in [0.1, 0.15) is 5.69 Å². The van der Waals surface area contributed by atoms with Gasteiger partial charge in [-0.1, -0.05) is 18.3 Å². The van der Waals surface area contributed by atoms with Crippen molar-refractivity contribution in [1.82, 2.24) is 4.98 Å². The number of ether oxygens (including phenoxy) is 2. The van der Waals surface area contributed by atoms with Crippen molar-refractivity contribution < 1.29 is 9.47 Å². The molecule has 0 saturated carbocycles. The van der Waals surface area contributed by atoms with Gasteiger partial charge in [0.2, 0.25) is 5.88 Å². The van der Waals surface area contributed by atoms with Gasteiger partial charge in [0.25, 0.3) is 0 Å². The molecule has 0 aromatic carbocycles. The summed E-state index contributed by atoms with van der Waals surface area (Å²) in [6.45, 7) is 0.989. The lowest BCUT2D eigenvalue weighted by Gasteiger charge is -2.05. The largest absolute Gasteiger partial charge is 0.475 e. The summed E-state index contributed by atoms with van der Waals surface area (Å²) in [4.78, 5) is 4.37. The summed E-state index contributed by atoms with van der Waals surface area (Å²) in [5, 5.41) is 0. The highest BCUT2D eigenvalue weighted by Gasteiger charge is 2.00. The molecule has 0 fully saturated rings. The second-order valence-electron chi connectivity index (χ2n) is 2.57. The Hall–Kier alpha value is -1.20. The lowest BCUT2D eigenvalue weighted by Crippen LogP contribution is -2.12. The molecule has 5 heteroatoms. The summed E-state index contributed by atoms with van der Waals surface area (Å²) in [5.41, 5.74) is 5.99. The molecule has 1 heterocycles. The van der Waals surface area contributed by atoms with Gasteiger partial charge in [-0.15, -0.1) is 0 Å². The monoisotopic (exact) mass is 212 g/mol. The number of hydrogen-bond donors (Lipinski definition) is 1. The van der Waals surface area contributed by atoms with Crippen LogP contribution in [-0.2, 0) is 4.74 Å². The molecular weight excluding hydrogens is 200 g/mol. The van der Waals surface area contributed by atoms with E-state index in [2.05, 4.69) is 4.98 Å². The van der Waals surface area contributed by atoms with Gasteiger partial charge < -0.3 is 15.2 Å². The molecule has 1 aromatic heterocycles. The fourth-order valence-electron chi connectivity index (χ4n) is 0.862. The van der Waals surface area contributed by atoms with E-state index in [1.54, 1.807) is 25.3 Å². The van der Waals surface area contributed by atoms with Crippen molar-refractivity contribution in [3.63, 3.8) is 0 Å². The number of thiocarbonyl (C=S) groups is 1. The average Bonchev–Trinajstić information content (AvgIpc) is 2.19. The molecule has 1 rings (SSSR count). The molecule has 2 N–H and O–H groups in total. The van der Waals surface area contributed by atoms with Gasteiger partial charge in [-0.2, -0.15) is 0 Å². The van der Waals surface area contributed by atoms with Crippen LogP contribution in [0.2, 0.25) is 0 Å². The third-order valence-corrected chi connectivity index (χ3v) is 1.72. The van der Waals surface area contributed by atoms with Gasteiger partial charge in [0.1, 0.15) is 17.3 Å². The minimum atomic E-state index is 0.266. The number of pyridine rings is 1. The van der Waals surface area contributed by atoms with Gasteiger partial charge in [0, 0.05) is 13.2 Å². The topological polar surface area (TPSA) is 57.4 Å². The van der Waals surface area contributed by atoms with E-state index in [9.17, 15) is 0 Å². The van der Waals surface area contributed by atoms with Gasteiger partial charge in [-0.05, 0) is 6.07 Å². The first-order valence-electron chi connectivity index (χ1n) is 4.12. The Morgan fingerprint density at radius 1 is 1.50 bits per heavy atom. The van der Waals surface area contributed by atoms with E-state index < -0.39 is 0 Å². The van der Waals surface area contributed by atoms with Crippen LogP contribution in [-0.4, -0.2) is 30.3 Å². The van der Waals surface area contributed by atoms with Crippen LogP contribution in [0.25, 0.3) is 0 Å². The van der Waals surface area contributed by atoms with E-state index in [1.807, 2.05) is 0 Å². The van der Waals surface area contributed by atoms with Crippen molar-refractivity contribution in [1.29, 1.82) is 0 Å². The number of rotatable bonds is 5. The second-order valence-corrected chi connectivity index (χ2v) is 3.01. The molecule has 4 nitrogen and oxygen atoms in total. The summed E-state index contributed by atoms with van der Waals surface area (Å²) < 4.78 is 10.1. The Morgan fingerprint density at radius 2 is 2.29 bits per heavy atom. The van der Waals surface area contributed by atoms with Gasteiger partial charge in [-0.3, -0.25) is 0 Å².